The van der Waals surface area contributed by atoms with E-state index in [9.17, 15) is 32.3 Å². The summed E-state index contributed by atoms with van der Waals surface area (Å²) in [5.74, 6) is -0.947. The summed E-state index contributed by atoms with van der Waals surface area (Å²) in [6.07, 6.45) is 6.17. The molecular formula is C36H77O15P3S. The molecule has 19 heteroatoms. The van der Waals surface area contributed by atoms with Gasteiger partial charge in [-0.1, -0.05) is 34.1 Å². The Hall–Kier alpha value is -0.950. The third kappa shape index (κ3) is 47.3. The van der Waals surface area contributed by atoms with Crippen molar-refractivity contribution in [3.63, 3.8) is 0 Å². The van der Waals surface area contributed by atoms with Gasteiger partial charge in [0.2, 0.25) is 0 Å². The predicted molar refractivity (Wildman–Crippen MR) is 222 cm³/mol. The largest absolute Gasteiger partial charge is 0.466 e. The number of hydrogen-bond acceptors (Lipinski definition) is 15. The number of carbonyl (C=O) groups is 3. The Labute approximate surface area is 336 Å². The second kappa shape index (κ2) is 35.0. The van der Waals surface area contributed by atoms with Crippen LogP contribution >= 0.6 is 22.1 Å². The fourth-order valence-corrected chi connectivity index (χ4v) is 6.64. The highest BCUT2D eigenvalue weighted by molar-refractivity contribution is 7.79. The van der Waals surface area contributed by atoms with Crippen LogP contribution in [0.1, 0.15) is 101 Å². The molecule has 0 amide bonds. The molecule has 0 aromatic carbocycles. The van der Waals surface area contributed by atoms with Crippen molar-refractivity contribution in [1.82, 2.24) is 0 Å². The lowest BCUT2D eigenvalue weighted by Gasteiger charge is -2.44. The van der Waals surface area contributed by atoms with Crippen LogP contribution in [0.25, 0.3) is 0 Å². The molecular weight excluding hydrogens is 797 g/mol. The number of ether oxygens (including phenoxy) is 4. The highest BCUT2D eigenvalue weighted by Crippen LogP contribution is 2.38. The van der Waals surface area contributed by atoms with Crippen LogP contribution < -0.4 is 0 Å². The van der Waals surface area contributed by atoms with Gasteiger partial charge in [-0.05, 0) is 46.0 Å². The molecule has 0 aliphatic carbocycles. The fourth-order valence-electron chi connectivity index (χ4n) is 4.44. The van der Waals surface area contributed by atoms with Crippen LogP contribution in [0.15, 0.2) is 0 Å². The molecule has 0 saturated carbocycles. The Morgan fingerprint density at radius 2 is 1.07 bits per heavy atom. The first-order valence-electron chi connectivity index (χ1n) is 18.8. The zero-order chi connectivity index (χ0) is 43.8. The lowest BCUT2D eigenvalue weighted by atomic mass is 9.81. The molecule has 15 nitrogen and oxygen atoms in total. The van der Waals surface area contributed by atoms with Gasteiger partial charge in [-0.2, -0.15) is 0 Å². The van der Waals surface area contributed by atoms with E-state index >= 15 is 0 Å². The summed E-state index contributed by atoms with van der Waals surface area (Å²) in [6, 6.07) is 0. The summed E-state index contributed by atoms with van der Waals surface area (Å²) in [7, 11) is -6.53. The second-order valence-electron chi connectivity index (χ2n) is 13.6. The van der Waals surface area contributed by atoms with Crippen LogP contribution in [0.5, 0.6) is 0 Å². The molecule has 1 saturated heterocycles. The Morgan fingerprint density at radius 3 is 1.36 bits per heavy atom. The van der Waals surface area contributed by atoms with Crippen molar-refractivity contribution in [2.24, 2.45) is 11.8 Å². The van der Waals surface area contributed by atoms with Crippen molar-refractivity contribution in [3.8, 4) is 0 Å². The van der Waals surface area contributed by atoms with E-state index in [0.717, 1.165) is 38.5 Å². The number of unbranched alkanes of at least 4 members (excludes halogenated alkanes) is 2. The minimum Gasteiger partial charge on any atom is -0.466 e. The molecule has 1 fully saturated rings. The topological polar surface area (TPSA) is 193 Å². The van der Waals surface area contributed by atoms with E-state index in [1.54, 1.807) is 46.9 Å². The summed E-state index contributed by atoms with van der Waals surface area (Å²) in [4.78, 5) is 33.3. The van der Waals surface area contributed by atoms with E-state index in [-0.39, 0.29) is 54.7 Å². The monoisotopic (exact) mass is 874 g/mol. The Morgan fingerprint density at radius 1 is 0.618 bits per heavy atom. The van der Waals surface area contributed by atoms with Gasteiger partial charge in [0.25, 0.3) is 0 Å². The maximum absolute atomic E-state index is 11.5. The SMILES string of the molecule is CC(=O)OCCCCC[C@@H]1OC(COC(C)=O)[C@@H](C)[C@H](OC(C)=O)C1C.CCCOP(C)(C)=O.CCCOP(C)(C)=O.CCOP(C)(C)=O.CCOS(C)=O. The lowest BCUT2D eigenvalue weighted by Crippen LogP contribution is -2.52. The van der Waals surface area contributed by atoms with E-state index in [4.69, 9.17) is 32.5 Å². The quantitative estimate of drug-likeness (QED) is 0.0519. The van der Waals surface area contributed by atoms with Gasteiger partial charge in [-0.25, -0.2) is 4.21 Å². The maximum atomic E-state index is 11.5. The molecule has 55 heavy (non-hydrogen) atoms. The first kappa shape index (κ1) is 60.7. The maximum Gasteiger partial charge on any atom is 0.302 e. The standard InChI is InChI=1S/C19H32O7.2C5H13O2P.C4H11O2P.C3H8O2S/c1-12-17(9-7-6-8-10-23-14(3)20)26-18(11-24-15(4)21)13(2)19(12)25-16(5)22;2*1-4-5-7-8(2,3)6;1-4-6-7(2,3)5;1-3-5-6(2)4/h12-13,17-19H,6-11H2,1-5H3;2*4-5H2,1-3H3;4H2,1-3H3;3H2,1-2H3/t12?,13-,17+,18?,19-;;;;/m1..../s1. The molecule has 0 bridgehead atoms. The molecule has 1 rings (SSSR count). The van der Waals surface area contributed by atoms with Gasteiger partial charge in [-0.3, -0.25) is 32.3 Å². The van der Waals surface area contributed by atoms with Crippen molar-refractivity contribution in [3.05, 3.63) is 0 Å². The van der Waals surface area contributed by atoms with Gasteiger partial charge < -0.3 is 32.5 Å². The van der Waals surface area contributed by atoms with Crippen molar-refractivity contribution in [2.75, 3.05) is 85.9 Å². The highest BCUT2D eigenvalue weighted by Gasteiger charge is 2.43. The lowest BCUT2D eigenvalue weighted by molar-refractivity contribution is -0.201. The van der Waals surface area contributed by atoms with Gasteiger partial charge in [0.1, 0.15) is 12.7 Å². The summed E-state index contributed by atoms with van der Waals surface area (Å²) >= 11 is -1.07. The van der Waals surface area contributed by atoms with Gasteiger partial charge in [0.05, 0.1) is 45.2 Å². The molecule has 0 N–H and O–H groups in total. The van der Waals surface area contributed by atoms with Crippen LogP contribution in [0.2, 0.25) is 0 Å². The van der Waals surface area contributed by atoms with E-state index < -0.39 is 33.2 Å². The minimum absolute atomic E-state index is 0.0518. The first-order valence-corrected chi connectivity index (χ1v) is 27.9. The molecule has 0 aromatic heterocycles. The molecule has 6 atom stereocenters. The number of rotatable bonds is 19. The van der Waals surface area contributed by atoms with Crippen LogP contribution in [0.4, 0.5) is 0 Å². The fraction of sp³-hybridized carbons (Fsp3) is 0.917. The highest BCUT2D eigenvalue weighted by atomic mass is 32.2. The summed E-state index contributed by atoms with van der Waals surface area (Å²) in [6.45, 7) is 28.4. The van der Waals surface area contributed by atoms with Crippen LogP contribution in [-0.4, -0.2) is 126 Å². The van der Waals surface area contributed by atoms with E-state index in [1.165, 1.54) is 27.0 Å². The normalized spacial score (nSPS) is 19.9. The number of carbonyl (C=O) groups excluding carboxylic acids is 3. The van der Waals surface area contributed by atoms with Crippen molar-refractivity contribution in [1.29, 1.82) is 0 Å². The van der Waals surface area contributed by atoms with Crippen molar-refractivity contribution >= 4 is 51.1 Å². The molecule has 1 heterocycles. The minimum atomic E-state index is -2.18. The Balaban J connectivity index is -0.000000362. The predicted octanol–water partition coefficient (Wildman–Crippen LogP) is 8.42. The Kier molecular flexibility index (Phi) is 38.7. The first-order chi connectivity index (χ1) is 25.2. The summed E-state index contributed by atoms with van der Waals surface area (Å²) in [5, 5.41) is 0. The van der Waals surface area contributed by atoms with Gasteiger partial charge >= 0.3 is 17.9 Å². The van der Waals surface area contributed by atoms with Gasteiger partial charge in [-0.15, -0.1) is 0 Å². The van der Waals surface area contributed by atoms with Crippen LogP contribution in [0, 0.1) is 11.8 Å². The molecule has 332 valence electrons. The molecule has 1 aliphatic heterocycles. The van der Waals surface area contributed by atoms with E-state index in [0.29, 0.717) is 33.0 Å². The molecule has 0 radical (unpaired) electrons. The van der Waals surface area contributed by atoms with Gasteiger partial charge in [0.15, 0.2) is 33.2 Å². The summed E-state index contributed by atoms with van der Waals surface area (Å²) in [5.41, 5.74) is 0. The number of esters is 3. The molecule has 0 spiro atoms. The van der Waals surface area contributed by atoms with Crippen molar-refractivity contribution < 1.29 is 69.0 Å². The Bertz CT molecular complexity index is 1140. The van der Waals surface area contributed by atoms with Crippen LogP contribution in [-0.2, 0) is 75.9 Å². The molecule has 1 aliphatic rings. The van der Waals surface area contributed by atoms with Crippen molar-refractivity contribution in [2.45, 2.75) is 119 Å². The third-order valence-electron chi connectivity index (χ3n) is 6.69. The molecule has 3 unspecified atom stereocenters. The average Bonchev–Trinajstić information content (AvgIpc) is 3.02. The summed E-state index contributed by atoms with van der Waals surface area (Å²) < 4.78 is 82.9. The van der Waals surface area contributed by atoms with E-state index in [2.05, 4.69) is 4.18 Å². The second-order valence-corrected chi connectivity index (χ2v) is 23.0. The third-order valence-corrected chi connectivity index (χ3v) is 9.74. The van der Waals surface area contributed by atoms with E-state index in [1.807, 2.05) is 34.6 Å². The van der Waals surface area contributed by atoms with Crippen LogP contribution in [0.3, 0.4) is 0 Å². The number of hydrogen-bond donors (Lipinski definition) is 0. The smallest absolute Gasteiger partial charge is 0.302 e. The van der Waals surface area contributed by atoms with Gasteiger partial charge in [0, 0.05) is 78.9 Å². The zero-order valence-corrected chi connectivity index (χ0v) is 40.2. The molecule has 0 aromatic rings. The zero-order valence-electron chi connectivity index (χ0n) is 36.7. The average molecular weight is 875 g/mol.